The Kier molecular flexibility index (Phi) is 5.99. The van der Waals surface area contributed by atoms with E-state index in [9.17, 15) is 18.0 Å². The van der Waals surface area contributed by atoms with Gasteiger partial charge in [0.2, 0.25) is 10.0 Å². The van der Waals surface area contributed by atoms with Gasteiger partial charge in [-0.15, -0.1) is 0 Å². The molecule has 1 aromatic carbocycles. The molecular formula is C18H22ClNO5S. The summed E-state index contributed by atoms with van der Waals surface area (Å²) in [6.45, 7) is 0.947. The largest absolute Gasteiger partial charge is 0.451 e. The molecule has 1 aliphatic heterocycles. The van der Waals surface area contributed by atoms with Crippen LogP contribution in [0.4, 0.5) is 0 Å². The van der Waals surface area contributed by atoms with Crippen molar-refractivity contribution >= 4 is 33.4 Å². The second-order valence-electron chi connectivity index (χ2n) is 6.71. The fraction of sp³-hybridized carbons (Fsp3) is 0.556. The van der Waals surface area contributed by atoms with Crippen molar-refractivity contribution in [1.29, 1.82) is 0 Å². The highest BCUT2D eigenvalue weighted by Gasteiger charge is 2.30. The minimum atomic E-state index is -3.68. The van der Waals surface area contributed by atoms with Crippen LogP contribution in [0.5, 0.6) is 0 Å². The van der Waals surface area contributed by atoms with Crippen LogP contribution in [0, 0.1) is 0 Å². The lowest BCUT2D eigenvalue weighted by atomic mass is 9.96. The van der Waals surface area contributed by atoms with Crippen molar-refractivity contribution in [2.75, 3.05) is 13.1 Å². The Morgan fingerprint density at radius 3 is 2.54 bits per heavy atom. The van der Waals surface area contributed by atoms with Gasteiger partial charge in [0.25, 0.3) is 0 Å². The van der Waals surface area contributed by atoms with E-state index in [1.165, 1.54) is 22.5 Å². The highest BCUT2D eigenvalue weighted by atomic mass is 35.5. The number of piperidine rings is 1. The van der Waals surface area contributed by atoms with Gasteiger partial charge in [-0.1, -0.05) is 18.0 Å². The van der Waals surface area contributed by atoms with Gasteiger partial charge in [0.15, 0.2) is 11.9 Å². The molecule has 0 spiro atoms. The first-order valence-corrected chi connectivity index (χ1v) is 10.7. The molecule has 1 saturated carbocycles. The fourth-order valence-electron chi connectivity index (χ4n) is 3.34. The van der Waals surface area contributed by atoms with Gasteiger partial charge in [-0.2, -0.15) is 4.31 Å². The molecule has 0 unspecified atom stereocenters. The molecule has 0 aromatic heterocycles. The Hall–Kier alpha value is -1.44. The summed E-state index contributed by atoms with van der Waals surface area (Å²) in [5.74, 6) is -0.858. The number of Topliss-reactive ketones (excluding diaryl/α,β-unsaturated/α-hetero) is 1. The second kappa shape index (κ2) is 8.06. The number of carbonyl (C=O) groups is 2. The van der Waals surface area contributed by atoms with Crippen LogP contribution in [-0.2, 0) is 19.6 Å². The van der Waals surface area contributed by atoms with Crippen LogP contribution in [0.3, 0.4) is 0 Å². The molecule has 1 aromatic rings. The highest BCUT2D eigenvalue weighted by molar-refractivity contribution is 7.89. The van der Waals surface area contributed by atoms with Crippen molar-refractivity contribution in [2.45, 2.75) is 55.9 Å². The molecule has 1 heterocycles. The van der Waals surface area contributed by atoms with Crippen molar-refractivity contribution in [2.24, 2.45) is 0 Å². The predicted octanol–water partition coefficient (Wildman–Crippen LogP) is 3.18. The maximum absolute atomic E-state index is 12.8. The summed E-state index contributed by atoms with van der Waals surface area (Å²) in [6, 6.07) is 4.04. The minimum absolute atomic E-state index is 0.0192. The lowest BCUT2D eigenvalue weighted by molar-refractivity contribution is -0.129. The van der Waals surface area contributed by atoms with E-state index in [2.05, 4.69) is 0 Å². The smallest absolute Gasteiger partial charge is 0.340 e. The van der Waals surface area contributed by atoms with E-state index < -0.39 is 22.1 Å². The molecule has 1 aliphatic carbocycles. The monoisotopic (exact) mass is 399 g/mol. The lowest BCUT2D eigenvalue weighted by Gasteiger charge is -2.26. The lowest BCUT2D eigenvalue weighted by Crippen LogP contribution is -2.35. The van der Waals surface area contributed by atoms with E-state index in [-0.39, 0.29) is 21.3 Å². The molecule has 0 bridgehead atoms. The van der Waals surface area contributed by atoms with Crippen molar-refractivity contribution in [1.82, 2.24) is 4.31 Å². The SMILES string of the molecule is O=C(O[C@H]1CCCCC1=O)c1cc(S(=O)(=O)N2CCCCC2)ccc1Cl. The summed E-state index contributed by atoms with van der Waals surface area (Å²) in [4.78, 5) is 24.4. The zero-order chi connectivity index (χ0) is 18.7. The standard InChI is InChI=1S/C18H22ClNO5S/c19-15-9-8-13(26(23,24)20-10-4-1-5-11-20)12-14(15)18(22)25-17-7-3-2-6-16(17)21/h8-9,12,17H,1-7,10-11H2/t17-/m0/s1. The van der Waals surface area contributed by atoms with Crippen molar-refractivity contribution in [3.63, 3.8) is 0 Å². The Balaban J connectivity index is 1.83. The first-order chi connectivity index (χ1) is 12.4. The van der Waals surface area contributed by atoms with Crippen LogP contribution in [0.25, 0.3) is 0 Å². The Morgan fingerprint density at radius 2 is 1.85 bits per heavy atom. The van der Waals surface area contributed by atoms with Crippen LogP contribution in [0.2, 0.25) is 5.02 Å². The maximum atomic E-state index is 12.8. The van der Waals surface area contributed by atoms with E-state index in [1.54, 1.807) is 0 Å². The molecule has 142 valence electrons. The second-order valence-corrected chi connectivity index (χ2v) is 9.06. The van der Waals surface area contributed by atoms with Crippen LogP contribution in [0.15, 0.2) is 23.1 Å². The van der Waals surface area contributed by atoms with Crippen molar-refractivity contribution in [3.8, 4) is 0 Å². The Morgan fingerprint density at radius 1 is 1.12 bits per heavy atom. The summed E-state index contributed by atoms with van der Waals surface area (Å²) in [7, 11) is -3.68. The molecule has 2 fully saturated rings. The number of ketones is 1. The first kappa shape index (κ1) is 19.3. The van der Waals surface area contributed by atoms with Crippen molar-refractivity contribution in [3.05, 3.63) is 28.8 Å². The molecule has 0 amide bonds. The normalized spacial score (nSPS) is 22.2. The molecule has 3 rings (SSSR count). The zero-order valence-electron chi connectivity index (χ0n) is 14.4. The fourth-order valence-corrected chi connectivity index (χ4v) is 5.08. The molecule has 1 saturated heterocycles. The number of hydrogen-bond acceptors (Lipinski definition) is 5. The summed E-state index contributed by atoms with van der Waals surface area (Å²) in [5, 5.41) is 0.107. The van der Waals surface area contributed by atoms with Gasteiger partial charge in [-0.05, 0) is 50.3 Å². The quantitative estimate of drug-likeness (QED) is 0.726. The summed E-state index contributed by atoms with van der Waals surface area (Å²) in [5.41, 5.74) is -0.0249. The molecule has 0 radical (unpaired) electrons. The van der Waals surface area contributed by atoms with Crippen LogP contribution in [-0.4, -0.2) is 43.7 Å². The predicted molar refractivity (Wildman–Crippen MR) is 96.7 cm³/mol. The number of esters is 1. The third-order valence-electron chi connectivity index (χ3n) is 4.86. The first-order valence-electron chi connectivity index (χ1n) is 8.93. The topological polar surface area (TPSA) is 80.8 Å². The van der Waals surface area contributed by atoms with Crippen LogP contribution in [0.1, 0.15) is 55.3 Å². The van der Waals surface area contributed by atoms with Gasteiger partial charge >= 0.3 is 5.97 Å². The molecule has 0 N–H and O–H groups in total. The van der Waals surface area contributed by atoms with Gasteiger partial charge in [-0.3, -0.25) is 4.79 Å². The molecule has 26 heavy (non-hydrogen) atoms. The number of rotatable bonds is 4. The Bertz CT molecular complexity index is 802. The third kappa shape index (κ3) is 4.10. The van der Waals surface area contributed by atoms with Crippen LogP contribution < -0.4 is 0 Å². The van der Waals surface area contributed by atoms with Gasteiger partial charge in [0.05, 0.1) is 15.5 Å². The van der Waals surface area contributed by atoms with Gasteiger partial charge in [-0.25, -0.2) is 13.2 Å². The molecule has 1 atom stereocenters. The average Bonchev–Trinajstić information content (AvgIpc) is 2.64. The molecular weight excluding hydrogens is 378 g/mol. The van der Waals surface area contributed by atoms with E-state index in [4.69, 9.17) is 16.3 Å². The number of sulfonamides is 1. The number of benzene rings is 1. The van der Waals surface area contributed by atoms with E-state index in [1.807, 2.05) is 0 Å². The minimum Gasteiger partial charge on any atom is -0.451 e. The van der Waals surface area contributed by atoms with Crippen molar-refractivity contribution < 1.29 is 22.7 Å². The average molecular weight is 400 g/mol. The van der Waals surface area contributed by atoms with Gasteiger partial charge in [0.1, 0.15) is 0 Å². The van der Waals surface area contributed by atoms with E-state index in [0.29, 0.717) is 25.9 Å². The summed E-state index contributed by atoms with van der Waals surface area (Å²) >= 11 is 6.09. The number of halogens is 1. The highest BCUT2D eigenvalue weighted by Crippen LogP contribution is 2.27. The van der Waals surface area contributed by atoms with E-state index in [0.717, 1.165) is 32.1 Å². The summed E-state index contributed by atoms with van der Waals surface area (Å²) < 4.78 is 32.3. The van der Waals surface area contributed by atoms with Gasteiger partial charge < -0.3 is 4.74 Å². The molecule has 6 nitrogen and oxygen atoms in total. The zero-order valence-corrected chi connectivity index (χ0v) is 16.0. The van der Waals surface area contributed by atoms with Crippen LogP contribution >= 0.6 is 11.6 Å². The number of nitrogens with zero attached hydrogens (tertiary/aromatic N) is 1. The molecule has 2 aliphatic rings. The maximum Gasteiger partial charge on any atom is 0.340 e. The Labute approximate surface area is 158 Å². The summed E-state index contributed by atoms with van der Waals surface area (Å²) in [6.07, 6.45) is 4.41. The number of carbonyl (C=O) groups excluding carboxylic acids is 2. The van der Waals surface area contributed by atoms with E-state index >= 15 is 0 Å². The number of ether oxygens (including phenoxy) is 1. The third-order valence-corrected chi connectivity index (χ3v) is 7.08. The number of hydrogen-bond donors (Lipinski definition) is 0. The molecule has 8 heteroatoms. The van der Waals surface area contributed by atoms with Gasteiger partial charge in [0, 0.05) is 19.5 Å².